The summed E-state index contributed by atoms with van der Waals surface area (Å²) in [4.78, 5) is 24.1. The Hall–Kier alpha value is -1.10. The third kappa shape index (κ3) is 2.47. The van der Waals surface area contributed by atoms with Crippen LogP contribution in [0.4, 0.5) is 0 Å². The smallest absolute Gasteiger partial charge is 0.311 e. The second-order valence-corrected chi connectivity index (χ2v) is 3.58. The lowest BCUT2D eigenvalue weighted by molar-refractivity contribution is -0.144. The van der Waals surface area contributed by atoms with E-state index in [0.717, 1.165) is 0 Å². The summed E-state index contributed by atoms with van der Waals surface area (Å²) in [5, 5.41) is 8.96. The Morgan fingerprint density at radius 2 is 2.07 bits per heavy atom. The average molecular weight is 215 g/mol. The molecule has 2 atom stereocenters. The number of hydrogen-bond acceptors (Lipinski definition) is 3. The van der Waals surface area contributed by atoms with E-state index in [2.05, 4.69) is 0 Å². The zero-order valence-electron chi connectivity index (χ0n) is 9.10. The van der Waals surface area contributed by atoms with Gasteiger partial charge in [-0.1, -0.05) is 6.92 Å². The topological polar surface area (TPSA) is 66.8 Å². The van der Waals surface area contributed by atoms with Crippen molar-refractivity contribution in [1.82, 2.24) is 4.90 Å². The fraction of sp³-hybridized carbons (Fsp3) is 0.800. The molecule has 0 aromatic rings. The predicted octanol–water partition coefficient (Wildman–Crippen LogP) is 0.344. The summed E-state index contributed by atoms with van der Waals surface area (Å²) >= 11 is 0. The maximum absolute atomic E-state index is 11.6. The highest BCUT2D eigenvalue weighted by Crippen LogP contribution is 2.20. The van der Waals surface area contributed by atoms with E-state index in [-0.39, 0.29) is 18.6 Å². The first-order valence-electron chi connectivity index (χ1n) is 5.21. The SMILES string of the molecule is CCC(=O)N(CC)C1COCC1C(=O)O. The second kappa shape index (κ2) is 5.11. The van der Waals surface area contributed by atoms with Gasteiger partial charge in [0, 0.05) is 13.0 Å². The maximum Gasteiger partial charge on any atom is 0.311 e. The number of aliphatic carboxylic acids is 1. The minimum atomic E-state index is -0.889. The average Bonchev–Trinajstić information content (AvgIpc) is 2.67. The first kappa shape index (κ1) is 12.0. The number of carbonyl (C=O) groups excluding carboxylic acids is 1. The highest BCUT2D eigenvalue weighted by atomic mass is 16.5. The summed E-state index contributed by atoms with van der Waals surface area (Å²) in [6.07, 6.45) is 0.399. The number of amides is 1. The quantitative estimate of drug-likeness (QED) is 0.734. The van der Waals surface area contributed by atoms with Gasteiger partial charge in [-0.05, 0) is 6.92 Å². The van der Waals surface area contributed by atoms with E-state index in [1.165, 1.54) is 0 Å². The number of ether oxygens (including phenoxy) is 1. The maximum atomic E-state index is 11.6. The van der Waals surface area contributed by atoms with Crippen molar-refractivity contribution >= 4 is 11.9 Å². The van der Waals surface area contributed by atoms with Gasteiger partial charge in [-0.25, -0.2) is 0 Å². The Balaban J connectivity index is 2.74. The molecule has 1 fully saturated rings. The molecule has 15 heavy (non-hydrogen) atoms. The normalized spacial score (nSPS) is 25.2. The van der Waals surface area contributed by atoms with Crippen molar-refractivity contribution in [3.05, 3.63) is 0 Å². The molecule has 1 aliphatic heterocycles. The van der Waals surface area contributed by atoms with Crippen molar-refractivity contribution in [3.8, 4) is 0 Å². The van der Waals surface area contributed by atoms with Crippen LogP contribution in [0.5, 0.6) is 0 Å². The fourth-order valence-corrected chi connectivity index (χ4v) is 1.88. The molecule has 1 heterocycles. The molecule has 1 rings (SSSR count). The van der Waals surface area contributed by atoms with E-state index in [4.69, 9.17) is 9.84 Å². The number of nitrogens with zero attached hydrogens (tertiary/aromatic N) is 1. The molecule has 0 saturated carbocycles. The molecule has 0 spiro atoms. The number of carboxylic acid groups (broad SMARTS) is 1. The van der Waals surface area contributed by atoms with Gasteiger partial charge in [0.05, 0.1) is 19.3 Å². The van der Waals surface area contributed by atoms with Gasteiger partial charge in [0.15, 0.2) is 0 Å². The summed E-state index contributed by atoms with van der Waals surface area (Å²) in [5.74, 6) is -1.49. The standard InChI is InChI=1S/C10H17NO4/c1-3-9(12)11(4-2)8-6-15-5-7(8)10(13)14/h7-8H,3-6H2,1-2H3,(H,13,14). The monoisotopic (exact) mass is 215 g/mol. The zero-order chi connectivity index (χ0) is 11.4. The van der Waals surface area contributed by atoms with Crippen molar-refractivity contribution in [1.29, 1.82) is 0 Å². The van der Waals surface area contributed by atoms with Crippen LogP contribution >= 0.6 is 0 Å². The Kier molecular flexibility index (Phi) is 4.08. The number of carbonyl (C=O) groups is 2. The molecule has 0 bridgehead atoms. The van der Waals surface area contributed by atoms with Crippen LogP contribution in [0.25, 0.3) is 0 Å². The molecular formula is C10H17NO4. The van der Waals surface area contributed by atoms with Crippen LogP contribution in [0.1, 0.15) is 20.3 Å². The molecule has 1 saturated heterocycles. The van der Waals surface area contributed by atoms with Gasteiger partial charge < -0.3 is 14.7 Å². The van der Waals surface area contributed by atoms with Crippen LogP contribution < -0.4 is 0 Å². The molecule has 0 aromatic carbocycles. The van der Waals surface area contributed by atoms with Crippen LogP contribution in [0.2, 0.25) is 0 Å². The highest BCUT2D eigenvalue weighted by Gasteiger charge is 2.38. The first-order valence-corrected chi connectivity index (χ1v) is 5.21. The van der Waals surface area contributed by atoms with E-state index in [0.29, 0.717) is 19.6 Å². The molecule has 0 aromatic heterocycles. The zero-order valence-corrected chi connectivity index (χ0v) is 9.10. The number of rotatable bonds is 4. The van der Waals surface area contributed by atoms with E-state index >= 15 is 0 Å². The first-order chi connectivity index (χ1) is 7.11. The molecule has 86 valence electrons. The Labute approximate surface area is 89.0 Å². The predicted molar refractivity (Wildman–Crippen MR) is 53.4 cm³/mol. The summed E-state index contributed by atoms with van der Waals surface area (Å²) in [7, 11) is 0. The molecule has 1 aliphatic rings. The second-order valence-electron chi connectivity index (χ2n) is 3.58. The summed E-state index contributed by atoms with van der Waals surface area (Å²) < 4.78 is 5.13. The molecule has 1 N–H and O–H groups in total. The highest BCUT2D eigenvalue weighted by molar-refractivity contribution is 5.78. The van der Waals surface area contributed by atoms with Crippen LogP contribution in [-0.2, 0) is 14.3 Å². The van der Waals surface area contributed by atoms with E-state index < -0.39 is 11.9 Å². The third-order valence-electron chi connectivity index (χ3n) is 2.73. The van der Waals surface area contributed by atoms with Crippen LogP contribution in [0, 0.1) is 5.92 Å². The van der Waals surface area contributed by atoms with Crippen molar-refractivity contribution in [2.24, 2.45) is 5.92 Å². The van der Waals surface area contributed by atoms with Crippen LogP contribution in [-0.4, -0.2) is 47.7 Å². The van der Waals surface area contributed by atoms with Gasteiger partial charge in [-0.15, -0.1) is 0 Å². The van der Waals surface area contributed by atoms with Gasteiger partial charge in [-0.2, -0.15) is 0 Å². The Morgan fingerprint density at radius 3 is 2.53 bits per heavy atom. The van der Waals surface area contributed by atoms with Crippen molar-refractivity contribution in [3.63, 3.8) is 0 Å². The summed E-state index contributed by atoms with van der Waals surface area (Å²) in [6, 6.07) is -0.306. The van der Waals surface area contributed by atoms with E-state index in [9.17, 15) is 9.59 Å². The molecule has 5 heteroatoms. The minimum Gasteiger partial charge on any atom is -0.481 e. The lowest BCUT2D eigenvalue weighted by atomic mass is 10.0. The van der Waals surface area contributed by atoms with Crippen molar-refractivity contribution in [2.75, 3.05) is 19.8 Å². The third-order valence-corrected chi connectivity index (χ3v) is 2.73. The molecule has 1 amide bonds. The Bertz CT molecular complexity index is 254. The van der Waals surface area contributed by atoms with Gasteiger partial charge >= 0.3 is 5.97 Å². The summed E-state index contributed by atoms with van der Waals surface area (Å²) in [5.41, 5.74) is 0. The Morgan fingerprint density at radius 1 is 1.40 bits per heavy atom. The number of likely N-dealkylation sites (N-methyl/N-ethyl adjacent to an activating group) is 1. The van der Waals surface area contributed by atoms with Gasteiger partial charge in [-0.3, -0.25) is 9.59 Å². The van der Waals surface area contributed by atoms with Crippen molar-refractivity contribution in [2.45, 2.75) is 26.3 Å². The van der Waals surface area contributed by atoms with Gasteiger partial charge in [0.25, 0.3) is 0 Å². The molecule has 0 aliphatic carbocycles. The largest absolute Gasteiger partial charge is 0.481 e. The minimum absolute atomic E-state index is 0.0146. The number of carboxylic acids is 1. The summed E-state index contributed by atoms with van der Waals surface area (Å²) in [6.45, 7) is 4.69. The lowest BCUT2D eigenvalue weighted by Gasteiger charge is -2.28. The van der Waals surface area contributed by atoms with Crippen molar-refractivity contribution < 1.29 is 19.4 Å². The fourth-order valence-electron chi connectivity index (χ4n) is 1.88. The van der Waals surface area contributed by atoms with E-state index in [1.54, 1.807) is 11.8 Å². The van der Waals surface area contributed by atoms with Crippen LogP contribution in [0.15, 0.2) is 0 Å². The molecule has 5 nitrogen and oxygen atoms in total. The molecule has 2 unspecified atom stereocenters. The van der Waals surface area contributed by atoms with Gasteiger partial charge in [0.2, 0.25) is 5.91 Å². The number of hydrogen-bond donors (Lipinski definition) is 1. The molecular weight excluding hydrogens is 198 g/mol. The van der Waals surface area contributed by atoms with Crippen LogP contribution in [0.3, 0.4) is 0 Å². The van der Waals surface area contributed by atoms with E-state index in [1.807, 2.05) is 6.92 Å². The lowest BCUT2D eigenvalue weighted by Crippen LogP contribution is -2.46. The van der Waals surface area contributed by atoms with Gasteiger partial charge in [0.1, 0.15) is 5.92 Å². The molecule has 0 radical (unpaired) electrons.